The average molecular weight is 297 g/mol. The van der Waals surface area contributed by atoms with E-state index in [2.05, 4.69) is 51.8 Å². The quantitative estimate of drug-likeness (QED) is 0.671. The molecule has 0 aromatic rings. The van der Waals surface area contributed by atoms with Crippen LogP contribution >= 0.6 is 0 Å². The fourth-order valence-corrected chi connectivity index (χ4v) is 4.03. The van der Waals surface area contributed by atoms with E-state index in [1.807, 2.05) is 0 Å². The van der Waals surface area contributed by atoms with E-state index >= 15 is 0 Å². The van der Waals surface area contributed by atoms with Crippen LogP contribution in [0.25, 0.3) is 0 Å². The van der Waals surface area contributed by atoms with Crippen LogP contribution in [0.2, 0.25) is 0 Å². The Labute approximate surface area is 134 Å². The summed E-state index contributed by atoms with van der Waals surface area (Å²) < 4.78 is 0. The van der Waals surface area contributed by atoms with E-state index in [9.17, 15) is 0 Å². The molecule has 0 amide bonds. The molecule has 0 heterocycles. The van der Waals surface area contributed by atoms with Crippen molar-refractivity contribution in [3.8, 4) is 0 Å². The minimum atomic E-state index is 0.668. The fourth-order valence-electron chi connectivity index (χ4n) is 4.03. The lowest BCUT2D eigenvalue weighted by Crippen LogP contribution is -2.48. The van der Waals surface area contributed by atoms with E-state index in [0.717, 1.165) is 30.3 Å². The molecule has 2 heteroatoms. The summed E-state index contributed by atoms with van der Waals surface area (Å²) in [5.74, 6) is 2.58. The smallest absolute Gasteiger partial charge is 0.0108 e. The normalized spacial score (nSPS) is 27.0. The summed E-state index contributed by atoms with van der Waals surface area (Å²) >= 11 is 0. The molecule has 0 bridgehead atoms. The van der Waals surface area contributed by atoms with Crippen molar-refractivity contribution in [3.63, 3.8) is 0 Å². The third-order valence-corrected chi connectivity index (χ3v) is 5.05. The van der Waals surface area contributed by atoms with Crippen LogP contribution in [-0.4, -0.2) is 36.6 Å². The van der Waals surface area contributed by atoms with Gasteiger partial charge in [0.05, 0.1) is 0 Å². The second kappa shape index (κ2) is 9.84. The van der Waals surface area contributed by atoms with E-state index in [-0.39, 0.29) is 0 Å². The van der Waals surface area contributed by atoms with Gasteiger partial charge in [-0.25, -0.2) is 0 Å². The second-order valence-corrected chi connectivity index (χ2v) is 7.83. The summed E-state index contributed by atoms with van der Waals surface area (Å²) in [6.07, 6.45) is 7.04. The van der Waals surface area contributed by atoms with Crippen molar-refractivity contribution in [2.45, 2.75) is 85.7 Å². The zero-order valence-corrected chi connectivity index (χ0v) is 15.5. The molecule has 1 aliphatic rings. The van der Waals surface area contributed by atoms with Gasteiger partial charge in [0.1, 0.15) is 0 Å². The lowest BCUT2D eigenvalue weighted by molar-refractivity contribution is 0.108. The Kier molecular flexibility index (Phi) is 8.89. The van der Waals surface area contributed by atoms with Crippen LogP contribution in [0, 0.1) is 17.8 Å². The van der Waals surface area contributed by atoms with Crippen LogP contribution in [0.1, 0.15) is 73.6 Å². The van der Waals surface area contributed by atoms with E-state index in [0.29, 0.717) is 6.04 Å². The Bertz CT molecular complexity index is 262. The molecule has 0 aromatic heterocycles. The largest absolute Gasteiger partial charge is 0.314 e. The molecule has 126 valence electrons. The predicted octanol–water partition coefficient (Wildman–Crippen LogP) is 4.55. The molecule has 0 saturated heterocycles. The molecule has 2 nitrogen and oxygen atoms in total. The molecular formula is C19H40N2. The molecule has 1 aliphatic carbocycles. The Balaban J connectivity index is 2.66. The lowest BCUT2D eigenvalue weighted by Gasteiger charge is -2.41. The van der Waals surface area contributed by atoms with Gasteiger partial charge in [0.2, 0.25) is 0 Å². The van der Waals surface area contributed by atoms with E-state index in [1.54, 1.807) is 0 Å². The molecule has 3 unspecified atom stereocenters. The molecule has 1 fully saturated rings. The first kappa shape index (κ1) is 19.0. The molecule has 21 heavy (non-hydrogen) atoms. The van der Waals surface area contributed by atoms with Gasteiger partial charge in [-0.3, -0.25) is 0 Å². The predicted molar refractivity (Wildman–Crippen MR) is 94.8 cm³/mol. The van der Waals surface area contributed by atoms with Crippen LogP contribution in [0.4, 0.5) is 0 Å². The van der Waals surface area contributed by atoms with Crippen LogP contribution in [0.3, 0.4) is 0 Å². The van der Waals surface area contributed by atoms with Crippen LogP contribution in [-0.2, 0) is 0 Å². The molecule has 1 N–H and O–H groups in total. The first-order valence-electron chi connectivity index (χ1n) is 9.45. The highest BCUT2D eigenvalue weighted by atomic mass is 15.2. The van der Waals surface area contributed by atoms with Crippen molar-refractivity contribution >= 4 is 0 Å². The summed E-state index contributed by atoms with van der Waals surface area (Å²) in [6.45, 7) is 17.6. The van der Waals surface area contributed by atoms with Gasteiger partial charge in [-0.15, -0.1) is 0 Å². The van der Waals surface area contributed by atoms with Gasteiger partial charge < -0.3 is 10.2 Å². The van der Waals surface area contributed by atoms with Crippen LogP contribution in [0.5, 0.6) is 0 Å². The summed E-state index contributed by atoms with van der Waals surface area (Å²) in [5, 5.41) is 3.77. The lowest BCUT2D eigenvalue weighted by atomic mass is 9.76. The molecule has 0 radical (unpaired) electrons. The highest BCUT2D eigenvalue weighted by molar-refractivity contribution is 4.87. The van der Waals surface area contributed by atoms with Crippen LogP contribution < -0.4 is 5.32 Å². The topological polar surface area (TPSA) is 15.3 Å². The number of hydrogen-bond acceptors (Lipinski definition) is 2. The monoisotopic (exact) mass is 296 g/mol. The molecule has 0 aromatic carbocycles. The van der Waals surface area contributed by atoms with E-state index in [4.69, 9.17) is 0 Å². The first-order valence-corrected chi connectivity index (χ1v) is 9.45. The highest BCUT2D eigenvalue weighted by Gasteiger charge is 2.31. The number of hydrogen-bond donors (Lipinski definition) is 1. The van der Waals surface area contributed by atoms with Crippen LogP contribution in [0.15, 0.2) is 0 Å². The maximum atomic E-state index is 3.77. The van der Waals surface area contributed by atoms with E-state index < -0.39 is 0 Å². The third kappa shape index (κ3) is 6.69. The highest BCUT2D eigenvalue weighted by Crippen LogP contribution is 2.33. The molecule has 1 rings (SSSR count). The Morgan fingerprint density at radius 3 is 2.33 bits per heavy atom. The zero-order valence-electron chi connectivity index (χ0n) is 15.5. The standard InChI is InChI=1S/C19H40N2/c1-7-9-17-10-11-19(20-8-2)18(12-17)14-21(16(5)6)13-15(3)4/h15-20H,7-14H2,1-6H3. The van der Waals surface area contributed by atoms with Crippen molar-refractivity contribution in [1.29, 1.82) is 0 Å². The van der Waals surface area contributed by atoms with Gasteiger partial charge in [0.15, 0.2) is 0 Å². The summed E-state index contributed by atoms with van der Waals surface area (Å²) in [4.78, 5) is 2.72. The number of rotatable bonds is 9. The third-order valence-electron chi connectivity index (χ3n) is 5.05. The molecular weight excluding hydrogens is 256 g/mol. The van der Waals surface area contributed by atoms with Gasteiger partial charge in [-0.1, -0.05) is 40.5 Å². The van der Waals surface area contributed by atoms with Crippen molar-refractivity contribution < 1.29 is 0 Å². The average Bonchev–Trinajstić information content (AvgIpc) is 2.40. The van der Waals surface area contributed by atoms with Gasteiger partial charge in [-0.2, -0.15) is 0 Å². The summed E-state index contributed by atoms with van der Waals surface area (Å²) in [7, 11) is 0. The number of nitrogens with zero attached hydrogens (tertiary/aromatic N) is 1. The minimum Gasteiger partial charge on any atom is -0.314 e. The Morgan fingerprint density at radius 2 is 1.81 bits per heavy atom. The molecule has 0 aliphatic heterocycles. The van der Waals surface area contributed by atoms with Crippen molar-refractivity contribution in [2.75, 3.05) is 19.6 Å². The zero-order chi connectivity index (χ0) is 15.8. The fraction of sp³-hybridized carbons (Fsp3) is 1.00. The van der Waals surface area contributed by atoms with Crippen molar-refractivity contribution in [3.05, 3.63) is 0 Å². The minimum absolute atomic E-state index is 0.668. The first-order chi connectivity index (χ1) is 9.97. The van der Waals surface area contributed by atoms with Gasteiger partial charge >= 0.3 is 0 Å². The SMILES string of the molecule is CCCC1CCC(NCC)C(CN(CC(C)C)C(C)C)C1. The Morgan fingerprint density at radius 1 is 1.10 bits per heavy atom. The molecule has 0 spiro atoms. The van der Waals surface area contributed by atoms with Gasteiger partial charge in [0.25, 0.3) is 0 Å². The van der Waals surface area contributed by atoms with E-state index in [1.165, 1.54) is 45.2 Å². The number of nitrogens with one attached hydrogen (secondary N) is 1. The second-order valence-electron chi connectivity index (χ2n) is 7.83. The summed E-state index contributed by atoms with van der Waals surface area (Å²) in [5.41, 5.74) is 0. The molecule has 3 atom stereocenters. The van der Waals surface area contributed by atoms with Crippen molar-refractivity contribution in [2.24, 2.45) is 17.8 Å². The van der Waals surface area contributed by atoms with Crippen molar-refractivity contribution in [1.82, 2.24) is 10.2 Å². The maximum Gasteiger partial charge on any atom is 0.0108 e. The maximum absolute atomic E-state index is 3.77. The van der Waals surface area contributed by atoms with Gasteiger partial charge in [-0.05, 0) is 57.4 Å². The van der Waals surface area contributed by atoms with Gasteiger partial charge in [0, 0.05) is 25.2 Å². The molecule has 1 saturated carbocycles. The summed E-state index contributed by atoms with van der Waals surface area (Å²) in [6, 6.07) is 1.41. The Hall–Kier alpha value is -0.0800.